The van der Waals surface area contributed by atoms with E-state index in [-0.39, 0.29) is 5.54 Å². The molecule has 0 radical (unpaired) electrons. The molecule has 0 aromatic heterocycles. The minimum Gasteiger partial charge on any atom is -0.481 e. The SMILES string of the molecule is CCC(C(=O)O)C(=O)NC1(c2cc(Br)ccc2C)CC1. The summed E-state index contributed by atoms with van der Waals surface area (Å²) in [5.74, 6) is -2.43. The van der Waals surface area contributed by atoms with Crippen LogP contribution in [0.3, 0.4) is 0 Å². The van der Waals surface area contributed by atoms with Crippen molar-refractivity contribution in [3.05, 3.63) is 33.8 Å². The van der Waals surface area contributed by atoms with E-state index in [1.165, 1.54) is 0 Å². The standard InChI is InChI=1S/C15H18BrNO3/c1-3-11(14(19)20)13(18)17-15(6-7-15)12-8-10(16)5-4-9(12)2/h4-5,8,11H,3,6-7H2,1-2H3,(H,17,18)(H,19,20). The van der Waals surface area contributed by atoms with E-state index < -0.39 is 17.8 Å². The Morgan fingerprint density at radius 2 is 2.10 bits per heavy atom. The van der Waals surface area contributed by atoms with Crippen LogP contribution in [0.2, 0.25) is 0 Å². The normalized spacial score (nSPS) is 17.4. The number of carbonyl (C=O) groups is 2. The summed E-state index contributed by atoms with van der Waals surface area (Å²) in [6.45, 7) is 3.71. The van der Waals surface area contributed by atoms with Crippen LogP contribution >= 0.6 is 15.9 Å². The van der Waals surface area contributed by atoms with Crippen molar-refractivity contribution in [1.29, 1.82) is 0 Å². The first kappa shape index (κ1) is 15.0. The quantitative estimate of drug-likeness (QED) is 0.810. The van der Waals surface area contributed by atoms with Gasteiger partial charge in [-0.05, 0) is 49.4 Å². The molecule has 2 rings (SSSR count). The molecule has 20 heavy (non-hydrogen) atoms. The topological polar surface area (TPSA) is 66.4 Å². The Hall–Kier alpha value is -1.36. The lowest BCUT2D eigenvalue weighted by molar-refractivity contribution is -0.147. The van der Waals surface area contributed by atoms with Crippen LogP contribution in [-0.2, 0) is 15.1 Å². The first-order chi connectivity index (χ1) is 9.39. The van der Waals surface area contributed by atoms with Gasteiger partial charge >= 0.3 is 5.97 Å². The lowest BCUT2D eigenvalue weighted by atomic mass is 9.97. The molecule has 0 spiro atoms. The molecule has 1 aromatic carbocycles. The molecule has 1 unspecified atom stereocenters. The summed E-state index contributed by atoms with van der Waals surface area (Å²) in [5, 5.41) is 12.0. The van der Waals surface area contributed by atoms with Gasteiger partial charge in [0.1, 0.15) is 5.92 Å². The highest BCUT2D eigenvalue weighted by molar-refractivity contribution is 9.10. The van der Waals surface area contributed by atoms with E-state index in [4.69, 9.17) is 5.11 Å². The summed E-state index contributed by atoms with van der Waals surface area (Å²) >= 11 is 3.44. The molecule has 1 amide bonds. The van der Waals surface area contributed by atoms with Crippen molar-refractivity contribution in [3.63, 3.8) is 0 Å². The van der Waals surface area contributed by atoms with Crippen LogP contribution < -0.4 is 5.32 Å². The van der Waals surface area contributed by atoms with Crippen LogP contribution in [-0.4, -0.2) is 17.0 Å². The number of aryl methyl sites for hydroxylation is 1. The summed E-state index contributed by atoms with van der Waals surface area (Å²) in [7, 11) is 0. The van der Waals surface area contributed by atoms with Gasteiger partial charge in [-0.25, -0.2) is 0 Å². The molecule has 1 aliphatic carbocycles. The zero-order chi connectivity index (χ0) is 14.9. The number of hydrogen-bond acceptors (Lipinski definition) is 2. The van der Waals surface area contributed by atoms with E-state index in [9.17, 15) is 9.59 Å². The summed E-state index contributed by atoms with van der Waals surface area (Å²) in [6.07, 6.45) is 2.01. The van der Waals surface area contributed by atoms with Crippen LogP contribution in [0, 0.1) is 12.8 Å². The average Bonchev–Trinajstić information content (AvgIpc) is 3.13. The fourth-order valence-corrected chi connectivity index (χ4v) is 2.85. The van der Waals surface area contributed by atoms with Crippen LogP contribution in [0.1, 0.15) is 37.3 Å². The summed E-state index contributed by atoms with van der Waals surface area (Å²) in [5.41, 5.74) is 1.79. The molecule has 0 bridgehead atoms. The van der Waals surface area contributed by atoms with Crippen molar-refractivity contribution < 1.29 is 14.7 Å². The van der Waals surface area contributed by atoms with Crippen LogP contribution in [0.25, 0.3) is 0 Å². The predicted octanol–water partition coefficient (Wildman–Crippen LogP) is 2.97. The van der Waals surface area contributed by atoms with Gasteiger partial charge in [0.25, 0.3) is 0 Å². The second kappa shape index (κ2) is 5.56. The third kappa shape index (κ3) is 2.87. The average molecular weight is 340 g/mol. The van der Waals surface area contributed by atoms with Crippen molar-refractivity contribution in [2.75, 3.05) is 0 Å². The van der Waals surface area contributed by atoms with Gasteiger partial charge in [-0.2, -0.15) is 0 Å². The van der Waals surface area contributed by atoms with Crippen molar-refractivity contribution in [1.82, 2.24) is 5.32 Å². The number of carboxylic acids is 1. The molecule has 1 aromatic rings. The number of carbonyl (C=O) groups excluding carboxylic acids is 1. The maximum Gasteiger partial charge on any atom is 0.316 e. The number of amides is 1. The molecule has 0 saturated heterocycles. The summed E-state index contributed by atoms with van der Waals surface area (Å²) < 4.78 is 0.962. The Balaban J connectivity index is 2.22. The predicted molar refractivity (Wildman–Crippen MR) is 79.4 cm³/mol. The fraction of sp³-hybridized carbons (Fsp3) is 0.467. The van der Waals surface area contributed by atoms with Crippen molar-refractivity contribution in [2.24, 2.45) is 5.92 Å². The number of benzene rings is 1. The molecule has 1 aliphatic rings. The molecule has 5 heteroatoms. The van der Waals surface area contributed by atoms with E-state index in [0.29, 0.717) is 6.42 Å². The smallest absolute Gasteiger partial charge is 0.316 e. The molecular formula is C15H18BrNO3. The molecule has 0 heterocycles. The zero-order valence-electron chi connectivity index (χ0n) is 11.6. The first-order valence-corrected chi connectivity index (χ1v) is 7.50. The Labute approximate surface area is 126 Å². The number of halogens is 1. The van der Waals surface area contributed by atoms with Crippen molar-refractivity contribution in [2.45, 2.75) is 38.6 Å². The first-order valence-electron chi connectivity index (χ1n) is 6.71. The molecule has 108 valence electrons. The number of hydrogen-bond donors (Lipinski definition) is 2. The lowest BCUT2D eigenvalue weighted by Gasteiger charge is -2.22. The molecule has 4 nitrogen and oxygen atoms in total. The maximum absolute atomic E-state index is 12.1. The highest BCUT2D eigenvalue weighted by Gasteiger charge is 2.47. The van der Waals surface area contributed by atoms with Gasteiger partial charge in [-0.1, -0.05) is 28.9 Å². The van der Waals surface area contributed by atoms with Crippen molar-refractivity contribution in [3.8, 4) is 0 Å². The van der Waals surface area contributed by atoms with Gasteiger partial charge in [0.2, 0.25) is 5.91 Å². The largest absolute Gasteiger partial charge is 0.481 e. The van der Waals surface area contributed by atoms with E-state index in [1.54, 1.807) is 6.92 Å². The Kier molecular flexibility index (Phi) is 4.18. The Bertz CT molecular complexity index is 552. The van der Waals surface area contributed by atoms with Crippen LogP contribution in [0.15, 0.2) is 22.7 Å². The maximum atomic E-state index is 12.1. The molecule has 1 fully saturated rings. The molecule has 2 N–H and O–H groups in total. The van der Waals surface area contributed by atoms with Gasteiger partial charge in [-0.15, -0.1) is 0 Å². The minimum absolute atomic E-state index is 0.300. The molecule has 1 saturated carbocycles. The monoisotopic (exact) mass is 339 g/mol. The van der Waals surface area contributed by atoms with Gasteiger partial charge in [0.15, 0.2) is 0 Å². The van der Waals surface area contributed by atoms with Crippen LogP contribution in [0.5, 0.6) is 0 Å². The molecule has 0 aliphatic heterocycles. The lowest BCUT2D eigenvalue weighted by Crippen LogP contribution is -2.41. The molecule has 1 atom stereocenters. The highest BCUT2D eigenvalue weighted by atomic mass is 79.9. The van der Waals surface area contributed by atoms with E-state index in [1.807, 2.05) is 25.1 Å². The van der Waals surface area contributed by atoms with Gasteiger partial charge in [0, 0.05) is 4.47 Å². The second-order valence-corrected chi connectivity index (χ2v) is 6.25. The Morgan fingerprint density at radius 1 is 1.45 bits per heavy atom. The Morgan fingerprint density at radius 3 is 2.60 bits per heavy atom. The summed E-state index contributed by atoms with van der Waals surface area (Å²) in [4.78, 5) is 23.2. The number of rotatable bonds is 5. The second-order valence-electron chi connectivity index (χ2n) is 5.33. The number of carboxylic acid groups (broad SMARTS) is 1. The number of aliphatic carboxylic acids is 1. The van der Waals surface area contributed by atoms with E-state index in [2.05, 4.69) is 21.2 Å². The van der Waals surface area contributed by atoms with Gasteiger partial charge in [-0.3, -0.25) is 9.59 Å². The fourth-order valence-electron chi connectivity index (χ4n) is 2.49. The van der Waals surface area contributed by atoms with Gasteiger partial charge in [0.05, 0.1) is 5.54 Å². The number of nitrogens with one attached hydrogen (secondary N) is 1. The summed E-state index contributed by atoms with van der Waals surface area (Å²) in [6, 6.07) is 5.97. The van der Waals surface area contributed by atoms with Crippen molar-refractivity contribution >= 4 is 27.8 Å². The highest BCUT2D eigenvalue weighted by Crippen LogP contribution is 2.47. The third-order valence-electron chi connectivity index (χ3n) is 3.85. The molecular weight excluding hydrogens is 322 g/mol. The van der Waals surface area contributed by atoms with Gasteiger partial charge < -0.3 is 10.4 Å². The van der Waals surface area contributed by atoms with E-state index >= 15 is 0 Å². The van der Waals surface area contributed by atoms with E-state index in [0.717, 1.165) is 28.4 Å². The minimum atomic E-state index is -1.06. The van der Waals surface area contributed by atoms with Crippen LogP contribution in [0.4, 0.5) is 0 Å². The zero-order valence-corrected chi connectivity index (χ0v) is 13.2. The third-order valence-corrected chi connectivity index (χ3v) is 4.34.